The molecule has 0 N–H and O–H groups in total. The molecule has 0 radical (unpaired) electrons. The third-order valence-corrected chi connectivity index (χ3v) is 9.97. The molecule has 1 saturated heterocycles. The van der Waals surface area contributed by atoms with Crippen molar-refractivity contribution >= 4 is 60.6 Å². The Morgan fingerprint density at radius 1 is 1.09 bits per heavy atom. The predicted octanol–water partition coefficient (Wildman–Crippen LogP) is 4.53. The number of anilines is 1. The molecule has 1 aliphatic heterocycles. The zero-order chi connectivity index (χ0) is 23.2. The van der Waals surface area contributed by atoms with Gasteiger partial charge in [-0.25, -0.2) is 18.4 Å². The largest absolute Gasteiger partial charge is 0.377 e. The predicted molar refractivity (Wildman–Crippen MR) is 132 cm³/mol. The summed E-state index contributed by atoms with van der Waals surface area (Å²) in [5.41, 5.74) is 1.36. The van der Waals surface area contributed by atoms with Crippen LogP contribution in [-0.2, 0) is 34.2 Å². The Kier molecular flexibility index (Phi) is 6.54. The van der Waals surface area contributed by atoms with E-state index in [-0.39, 0.29) is 9.92 Å². The first-order valence-electron chi connectivity index (χ1n) is 10.9. The molecule has 0 amide bonds. The van der Waals surface area contributed by atoms with Crippen LogP contribution in [0.4, 0.5) is 5.82 Å². The Morgan fingerprint density at radius 2 is 1.85 bits per heavy atom. The van der Waals surface area contributed by atoms with Gasteiger partial charge in [-0.3, -0.25) is 0 Å². The van der Waals surface area contributed by atoms with Crippen LogP contribution in [-0.4, -0.2) is 56.0 Å². The number of sulfonamides is 1. The summed E-state index contributed by atoms with van der Waals surface area (Å²) >= 11 is 14.0. The van der Waals surface area contributed by atoms with Gasteiger partial charge < -0.3 is 9.64 Å². The summed E-state index contributed by atoms with van der Waals surface area (Å²) in [4.78, 5) is 14.2. The summed E-state index contributed by atoms with van der Waals surface area (Å²) in [6.07, 6.45) is 4.50. The summed E-state index contributed by atoms with van der Waals surface area (Å²) in [5, 5.41) is 1.64. The summed E-state index contributed by atoms with van der Waals surface area (Å²) in [7, 11) is -2.11. The second-order valence-electron chi connectivity index (χ2n) is 8.25. The minimum Gasteiger partial charge on any atom is -0.377 e. The van der Waals surface area contributed by atoms with Crippen molar-refractivity contribution in [3.05, 3.63) is 44.5 Å². The van der Waals surface area contributed by atoms with Gasteiger partial charge >= 0.3 is 0 Å². The highest BCUT2D eigenvalue weighted by Crippen LogP contribution is 2.40. The second-order valence-corrected chi connectivity index (χ2v) is 12.1. The maximum atomic E-state index is 13.2. The second kappa shape index (κ2) is 9.28. The van der Waals surface area contributed by atoms with Gasteiger partial charge in [0.1, 0.15) is 22.2 Å². The average Bonchev–Trinajstić information content (AvgIpc) is 3.19. The van der Waals surface area contributed by atoms with Crippen LogP contribution in [0.3, 0.4) is 0 Å². The molecule has 0 unspecified atom stereocenters. The number of aromatic nitrogens is 2. The van der Waals surface area contributed by atoms with Gasteiger partial charge in [0.05, 0.1) is 10.4 Å². The summed E-state index contributed by atoms with van der Waals surface area (Å²) < 4.78 is 33.2. The van der Waals surface area contributed by atoms with Crippen molar-refractivity contribution in [1.29, 1.82) is 0 Å². The molecule has 1 aromatic carbocycles. The zero-order valence-corrected chi connectivity index (χ0v) is 21.3. The van der Waals surface area contributed by atoms with E-state index in [4.69, 9.17) is 37.9 Å². The van der Waals surface area contributed by atoms with Crippen LogP contribution < -0.4 is 4.90 Å². The lowest BCUT2D eigenvalue weighted by atomic mass is 9.97. The van der Waals surface area contributed by atoms with Crippen molar-refractivity contribution in [3.8, 4) is 0 Å². The van der Waals surface area contributed by atoms with Gasteiger partial charge in [0.15, 0.2) is 5.82 Å². The Morgan fingerprint density at radius 3 is 2.61 bits per heavy atom. The standard InChI is InChI=1S/C22H24Cl2N4O3S2/c1-31-13-19-25-21(20-15-4-2-3-5-17(15)32-22(20)26-19)27-8-10-28(11-9-27)33(29,30)18-12-14(23)6-7-16(18)24/h6-7,12H,2-5,8-11,13H2,1H3. The number of nitrogens with zero attached hydrogens (tertiary/aromatic N) is 4. The Labute approximate surface area is 207 Å². The highest BCUT2D eigenvalue weighted by molar-refractivity contribution is 7.89. The molecular formula is C22H24Cl2N4O3S2. The van der Waals surface area contributed by atoms with E-state index < -0.39 is 10.0 Å². The minimum absolute atomic E-state index is 0.0452. The lowest BCUT2D eigenvalue weighted by molar-refractivity contribution is 0.178. The van der Waals surface area contributed by atoms with E-state index in [9.17, 15) is 8.42 Å². The van der Waals surface area contributed by atoms with Crippen LogP contribution in [0.15, 0.2) is 23.1 Å². The smallest absolute Gasteiger partial charge is 0.244 e. The van der Waals surface area contributed by atoms with E-state index in [1.165, 1.54) is 39.7 Å². The fourth-order valence-electron chi connectivity index (χ4n) is 4.56. The molecule has 3 aromatic rings. The molecule has 1 aliphatic carbocycles. The highest BCUT2D eigenvalue weighted by atomic mass is 35.5. The van der Waals surface area contributed by atoms with E-state index in [0.717, 1.165) is 28.9 Å². The van der Waals surface area contributed by atoms with Crippen LogP contribution in [0.5, 0.6) is 0 Å². The Bertz CT molecular complexity index is 1300. The first kappa shape index (κ1) is 23.3. The third kappa shape index (κ3) is 4.35. The number of fused-ring (bicyclic) bond motifs is 3. The van der Waals surface area contributed by atoms with Crippen molar-refractivity contribution in [2.45, 2.75) is 37.2 Å². The van der Waals surface area contributed by atoms with E-state index in [2.05, 4.69) is 4.90 Å². The number of hydrogen-bond donors (Lipinski definition) is 0. The first-order valence-corrected chi connectivity index (χ1v) is 13.9. The third-order valence-electron chi connectivity index (χ3n) is 6.16. The number of rotatable bonds is 5. The minimum atomic E-state index is -3.74. The molecule has 3 heterocycles. The average molecular weight is 527 g/mol. The van der Waals surface area contributed by atoms with E-state index in [1.807, 2.05) is 0 Å². The van der Waals surface area contributed by atoms with Crippen LogP contribution in [0.2, 0.25) is 10.0 Å². The molecule has 5 rings (SSSR count). The van der Waals surface area contributed by atoms with Crippen molar-refractivity contribution in [3.63, 3.8) is 0 Å². The van der Waals surface area contributed by atoms with Crippen molar-refractivity contribution in [2.24, 2.45) is 0 Å². The molecule has 11 heteroatoms. The molecule has 0 atom stereocenters. The summed E-state index contributed by atoms with van der Waals surface area (Å²) in [6.45, 7) is 2.07. The summed E-state index contributed by atoms with van der Waals surface area (Å²) in [6, 6.07) is 4.51. The number of methoxy groups -OCH3 is 1. The fraction of sp³-hybridized carbons (Fsp3) is 0.455. The number of aryl methyl sites for hydroxylation is 2. The van der Waals surface area contributed by atoms with Gasteiger partial charge in [0.25, 0.3) is 0 Å². The molecule has 176 valence electrons. The Hall–Kier alpha value is -1.49. The monoisotopic (exact) mass is 526 g/mol. The number of piperazine rings is 1. The quantitative estimate of drug-likeness (QED) is 0.485. The molecule has 7 nitrogen and oxygen atoms in total. The number of halogens is 2. The zero-order valence-electron chi connectivity index (χ0n) is 18.2. The van der Waals surface area contributed by atoms with Gasteiger partial charge in [-0.1, -0.05) is 23.2 Å². The maximum absolute atomic E-state index is 13.2. The van der Waals surface area contributed by atoms with Crippen LogP contribution in [0.1, 0.15) is 29.1 Å². The maximum Gasteiger partial charge on any atom is 0.244 e. The van der Waals surface area contributed by atoms with Gasteiger partial charge in [0.2, 0.25) is 10.0 Å². The van der Waals surface area contributed by atoms with Crippen LogP contribution >= 0.6 is 34.5 Å². The van der Waals surface area contributed by atoms with Gasteiger partial charge in [-0.05, 0) is 49.4 Å². The number of ether oxygens (including phenoxy) is 1. The van der Waals surface area contributed by atoms with Gasteiger partial charge in [0, 0.05) is 43.2 Å². The fourth-order valence-corrected chi connectivity index (χ4v) is 7.99. The highest BCUT2D eigenvalue weighted by Gasteiger charge is 2.32. The molecule has 0 spiro atoms. The van der Waals surface area contributed by atoms with Crippen LogP contribution in [0, 0.1) is 0 Å². The lowest BCUT2D eigenvalue weighted by Crippen LogP contribution is -2.49. The number of hydrogen-bond acceptors (Lipinski definition) is 7. The molecule has 1 fully saturated rings. The van der Waals surface area contributed by atoms with Crippen LogP contribution in [0.25, 0.3) is 10.2 Å². The molecule has 33 heavy (non-hydrogen) atoms. The topological polar surface area (TPSA) is 75.6 Å². The molecule has 2 aromatic heterocycles. The normalized spacial score (nSPS) is 17.5. The molecule has 2 aliphatic rings. The van der Waals surface area contributed by atoms with Crippen molar-refractivity contribution in [1.82, 2.24) is 14.3 Å². The molecular weight excluding hydrogens is 503 g/mol. The molecule has 0 saturated carbocycles. The first-order chi connectivity index (χ1) is 15.9. The SMILES string of the molecule is COCc1nc(N2CCN(S(=O)(=O)c3cc(Cl)ccc3Cl)CC2)c2c3c(sc2n1)CCCC3. The number of thiophene rings is 1. The lowest BCUT2D eigenvalue weighted by Gasteiger charge is -2.35. The van der Waals surface area contributed by atoms with E-state index in [1.54, 1.807) is 24.5 Å². The summed E-state index contributed by atoms with van der Waals surface area (Å²) in [5.74, 6) is 1.55. The van der Waals surface area contributed by atoms with E-state index in [0.29, 0.717) is 43.6 Å². The van der Waals surface area contributed by atoms with Crippen molar-refractivity contribution < 1.29 is 13.2 Å². The van der Waals surface area contributed by atoms with Crippen molar-refractivity contribution in [2.75, 3.05) is 38.2 Å². The van der Waals surface area contributed by atoms with Gasteiger partial charge in [-0.2, -0.15) is 4.31 Å². The molecule has 0 bridgehead atoms. The Balaban J connectivity index is 1.46. The number of benzene rings is 1. The van der Waals surface area contributed by atoms with E-state index >= 15 is 0 Å². The van der Waals surface area contributed by atoms with Gasteiger partial charge in [-0.15, -0.1) is 11.3 Å².